The molecule has 1 heterocycles. The Morgan fingerprint density at radius 1 is 1.53 bits per heavy atom. The van der Waals surface area contributed by atoms with E-state index in [2.05, 4.69) is 15.9 Å². The second-order valence-corrected chi connectivity index (χ2v) is 5.98. The third-order valence-corrected chi connectivity index (χ3v) is 4.47. The molecule has 1 unspecified atom stereocenters. The van der Waals surface area contributed by atoms with Crippen LogP contribution in [0.2, 0.25) is 0 Å². The highest BCUT2D eigenvalue weighted by Crippen LogP contribution is 2.46. The van der Waals surface area contributed by atoms with Crippen molar-refractivity contribution in [3.8, 4) is 0 Å². The Bertz CT molecular complexity index is 558. The molecule has 0 N–H and O–H groups in total. The molecule has 0 bridgehead atoms. The van der Waals surface area contributed by atoms with Crippen molar-refractivity contribution in [2.45, 2.75) is 13.0 Å². The first-order valence-electron chi connectivity index (χ1n) is 6.25. The van der Waals surface area contributed by atoms with Gasteiger partial charge in [-0.05, 0) is 46.0 Å². The molecule has 1 amide bonds. The average molecular weight is 324 g/mol. The predicted octanol–water partition coefficient (Wildman–Crippen LogP) is 2.21. The van der Waals surface area contributed by atoms with Crippen LogP contribution < -0.4 is 0 Å². The van der Waals surface area contributed by atoms with E-state index in [0.717, 1.165) is 18.5 Å². The van der Waals surface area contributed by atoms with Crippen molar-refractivity contribution in [3.05, 3.63) is 33.8 Å². The van der Waals surface area contributed by atoms with Crippen LogP contribution in [-0.2, 0) is 16.1 Å². The number of amides is 1. The van der Waals surface area contributed by atoms with Crippen LogP contribution in [0.3, 0.4) is 0 Å². The summed E-state index contributed by atoms with van der Waals surface area (Å²) >= 11 is 3.37. The molecular formula is C14H14BrNO3. The fourth-order valence-corrected chi connectivity index (χ4v) is 3.24. The Balaban J connectivity index is 1.74. The zero-order valence-electron chi connectivity index (χ0n) is 10.6. The Labute approximate surface area is 119 Å². The van der Waals surface area contributed by atoms with Gasteiger partial charge in [0.25, 0.3) is 0 Å². The largest absolute Gasteiger partial charge is 0.465 e. The Morgan fingerprint density at radius 3 is 2.89 bits per heavy atom. The molecule has 1 aliphatic carbocycles. The van der Waals surface area contributed by atoms with Crippen molar-refractivity contribution in [2.24, 2.45) is 11.8 Å². The molecule has 1 aromatic carbocycles. The molecule has 1 saturated carbocycles. The maximum Gasteiger partial charge on any atom is 0.339 e. The molecule has 0 aromatic heterocycles. The summed E-state index contributed by atoms with van der Waals surface area (Å²) in [5.74, 6) is 0.790. The number of benzene rings is 1. The summed E-state index contributed by atoms with van der Waals surface area (Å²) in [5.41, 5.74) is 1.52. The number of hydrogen-bond acceptors (Lipinski definition) is 3. The highest BCUT2D eigenvalue weighted by atomic mass is 79.9. The second kappa shape index (κ2) is 4.63. The summed E-state index contributed by atoms with van der Waals surface area (Å²) in [7, 11) is 1.36. The van der Waals surface area contributed by atoms with Crippen LogP contribution in [0.25, 0.3) is 0 Å². The fraction of sp³-hybridized carbons (Fsp3) is 0.429. The molecule has 2 aliphatic rings. The van der Waals surface area contributed by atoms with Gasteiger partial charge < -0.3 is 9.64 Å². The number of nitrogens with zero attached hydrogens (tertiary/aromatic N) is 1. The van der Waals surface area contributed by atoms with Crippen molar-refractivity contribution in [1.29, 1.82) is 0 Å². The molecule has 1 aliphatic heterocycles. The minimum absolute atomic E-state index is 0.276. The molecule has 3 rings (SSSR count). The average Bonchev–Trinajstić information content (AvgIpc) is 3.09. The van der Waals surface area contributed by atoms with Crippen molar-refractivity contribution >= 4 is 27.8 Å². The van der Waals surface area contributed by atoms with Crippen LogP contribution in [0.15, 0.2) is 22.7 Å². The van der Waals surface area contributed by atoms with Gasteiger partial charge in [0.2, 0.25) is 5.91 Å². The number of carbonyl (C=O) groups is 2. The van der Waals surface area contributed by atoms with Crippen LogP contribution in [0.5, 0.6) is 0 Å². The SMILES string of the molecule is COC(=O)c1ccc(CN2C[C@@H]3CC3C2=O)cc1Br. The van der Waals surface area contributed by atoms with Gasteiger partial charge in [0.15, 0.2) is 0 Å². The summed E-state index contributed by atoms with van der Waals surface area (Å²) in [6, 6.07) is 5.48. The first kappa shape index (κ1) is 12.7. The number of hydrogen-bond donors (Lipinski definition) is 0. The summed E-state index contributed by atoms with van der Waals surface area (Å²) in [5, 5.41) is 0. The maximum absolute atomic E-state index is 11.9. The van der Waals surface area contributed by atoms with Crippen LogP contribution in [-0.4, -0.2) is 30.4 Å². The highest BCUT2D eigenvalue weighted by molar-refractivity contribution is 9.10. The van der Waals surface area contributed by atoms with Crippen LogP contribution in [0.1, 0.15) is 22.3 Å². The van der Waals surface area contributed by atoms with Gasteiger partial charge in [-0.3, -0.25) is 4.79 Å². The molecule has 0 spiro atoms. The quantitative estimate of drug-likeness (QED) is 0.801. The minimum Gasteiger partial charge on any atom is -0.465 e. The van der Waals surface area contributed by atoms with E-state index in [0.29, 0.717) is 22.5 Å². The van der Waals surface area contributed by atoms with Gasteiger partial charge in [0.05, 0.1) is 12.7 Å². The minimum atomic E-state index is -0.364. The van der Waals surface area contributed by atoms with Crippen LogP contribution in [0.4, 0.5) is 0 Å². The van der Waals surface area contributed by atoms with Crippen molar-refractivity contribution < 1.29 is 14.3 Å². The van der Waals surface area contributed by atoms with E-state index in [1.54, 1.807) is 6.07 Å². The van der Waals surface area contributed by atoms with Gasteiger partial charge in [0.1, 0.15) is 0 Å². The van der Waals surface area contributed by atoms with Gasteiger partial charge >= 0.3 is 5.97 Å². The summed E-state index contributed by atoms with van der Waals surface area (Å²) in [6.07, 6.45) is 1.07. The van der Waals surface area contributed by atoms with Gasteiger partial charge in [-0.2, -0.15) is 0 Å². The second-order valence-electron chi connectivity index (χ2n) is 5.13. The number of halogens is 1. The zero-order valence-corrected chi connectivity index (χ0v) is 12.1. The molecule has 2 fully saturated rings. The molecule has 19 heavy (non-hydrogen) atoms. The van der Waals surface area contributed by atoms with Crippen molar-refractivity contribution in [2.75, 3.05) is 13.7 Å². The predicted molar refractivity (Wildman–Crippen MR) is 72.5 cm³/mol. The van der Waals surface area contributed by atoms with Crippen LogP contribution in [0, 0.1) is 11.8 Å². The Morgan fingerprint density at radius 2 is 2.32 bits per heavy atom. The Kier molecular flexibility index (Phi) is 3.09. The molecule has 4 nitrogen and oxygen atoms in total. The molecule has 2 atom stereocenters. The van der Waals surface area contributed by atoms with Crippen molar-refractivity contribution in [3.63, 3.8) is 0 Å². The molecule has 1 aromatic rings. The van der Waals surface area contributed by atoms with E-state index in [1.165, 1.54) is 7.11 Å². The normalized spacial score (nSPS) is 24.3. The molecule has 1 saturated heterocycles. The molecular weight excluding hydrogens is 310 g/mol. The lowest BCUT2D eigenvalue weighted by Gasteiger charge is -2.18. The molecule has 100 valence electrons. The van der Waals surface area contributed by atoms with Gasteiger partial charge in [0, 0.05) is 23.5 Å². The first-order chi connectivity index (χ1) is 9.10. The van der Waals surface area contributed by atoms with Gasteiger partial charge in [-0.1, -0.05) is 6.07 Å². The molecule has 0 radical (unpaired) electrons. The first-order valence-corrected chi connectivity index (χ1v) is 7.05. The number of ether oxygens (including phenoxy) is 1. The number of methoxy groups -OCH3 is 1. The fourth-order valence-electron chi connectivity index (χ4n) is 2.65. The Hall–Kier alpha value is -1.36. The number of piperidine rings is 1. The van der Waals surface area contributed by atoms with Crippen LogP contribution >= 0.6 is 15.9 Å². The highest BCUT2D eigenvalue weighted by Gasteiger charge is 2.51. The van der Waals surface area contributed by atoms with E-state index in [9.17, 15) is 9.59 Å². The monoisotopic (exact) mass is 323 g/mol. The van der Waals surface area contributed by atoms with Gasteiger partial charge in [-0.15, -0.1) is 0 Å². The lowest BCUT2D eigenvalue weighted by Crippen LogP contribution is -2.27. The summed E-state index contributed by atoms with van der Waals surface area (Å²) < 4.78 is 5.40. The van der Waals surface area contributed by atoms with Gasteiger partial charge in [-0.25, -0.2) is 4.79 Å². The lowest BCUT2D eigenvalue weighted by molar-refractivity contribution is -0.130. The van der Waals surface area contributed by atoms with E-state index in [1.807, 2.05) is 17.0 Å². The zero-order chi connectivity index (χ0) is 13.6. The maximum atomic E-state index is 11.9. The van der Waals surface area contributed by atoms with E-state index < -0.39 is 0 Å². The van der Waals surface area contributed by atoms with E-state index in [4.69, 9.17) is 4.74 Å². The number of fused-ring (bicyclic) bond motifs is 1. The third kappa shape index (κ3) is 2.27. The third-order valence-electron chi connectivity index (χ3n) is 3.82. The number of esters is 1. The standard InChI is InChI=1S/C14H14BrNO3/c1-19-14(18)10-3-2-8(4-12(10)15)6-16-7-9-5-11(9)13(16)17/h2-4,9,11H,5-7H2,1H3/t9-,11?/m0/s1. The summed E-state index contributed by atoms with van der Waals surface area (Å²) in [6.45, 7) is 1.49. The summed E-state index contributed by atoms with van der Waals surface area (Å²) in [4.78, 5) is 25.3. The molecule has 5 heteroatoms. The van der Waals surface area contributed by atoms with E-state index >= 15 is 0 Å². The van der Waals surface area contributed by atoms with Crippen molar-refractivity contribution in [1.82, 2.24) is 4.90 Å². The number of likely N-dealkylation sites (tertiary alicyclic amines) is 1. The number of carbonyl (C=O) groups excluding carboxylic acids is 2. The van der Waals surface area contributed by atoms with E-state index in [-0.39, 0.29) is 17.8 Å². The smallest absolute Gasteiger partial charge is 0.339 e. The number of rotatable bonds is 3. The topological polar surface area (TPSA) is 46.6 Å². The lowest BCUT2D eigenvalue weighted by atomic mass is 10.1.